The number of aromatic nitrogens is 3. The highest BCUT2D eigenvalue weighted by atomic mass is 16.5. The molecule has 84 valence electrons. The van der Waals surface area contributed by atoms with Crippen molar-refractivity contribution in [1.82, 2.24) is 15.1 Å². The Labute approximate surface area is 91.9 Å². The minimum atomic E-state index is 0.300. The van der Waals surface area contributed by atoms with Crippen molar-refractivity contribution in [2.24, 2.45) is 0 Å². The van der Waals surface area contributed by atoms with Gasteiger partial charge in [-0.3, -0.25) is 0 Å². The summed E-state index contributed by atoms with van der Waals surface area (Å²) in [5.74, 6) is 2.01. The van der Waals surface area contributed by atoms with E-state index in [0.717, 1.165) is 0 Å². The minimum Gasteiger partial charge on any atom is -0.396 e. The third-order valence-corrected chi connectivity index (χ3v) is 1.95. The average molecular weight is 220 g/mol. The van der Waals surface area contributed by atoms with Crippen LogP contribution in [0.4, 0.5) is 17.3 Å². The van der Waals surface area contributed by atoms with E-state index in [2.05, 4.69) is 20.4 Å². The van der Waals surface area contributed by atoms with E-state index in [9.17, 15) is 0 Å². The molecular weight excluding hydrogens is 208 g/mol. The van der Waals surface area contributed by atoms with Crippen molar-refractivity contribution in [3.05, 3.63) is 23.8 Å². The molecule has 0 aliphatic rings. The van der Waals surface area contributed by atoms with Gasteiger partial charge in [-0.15, -0.1) is 0 Å². The Morgan fingerprint density at radius 1 is 1.31 bits per heavy atom. The summed E-state index contributed by atoms with van der Waals surface area (Å²) >= 11 is 0. The van der Waals surface area contributed by atoms with Crippen LogP contribution in [-0.2, 0) is 6.54 Å². The molecule has 0 aliphatic carbocycles. The third-order valence-electron chi connectivity index (χ3n) is 1.95. The fraction of sp³-hybridized carbons (Fsp3) is 0.222. The quantitative estimate of drug-likeness (QED) is 0.691. The summed E-state index contributed by atoms with van der Waals surface area (Å²) in [6, 6.07) is 3.42. The fourth-order valence-electron chi connectivity index (χ4n) is 1.17. The topological polar surface area (TPSA) is 116 Å². The summed E-state index contributed by atoms with van der Waals surface area (Å²) in [7, 11) is 0. The van der Waals surface area contributed by atoms with Gasteiger partial charge in [0.05, 0.1) is 12.2 Å². The zero-order valence-electron chi connectivity index (χ0n) is 8.77. The summed E-state index contributed by atoms with van der Waals surface area (Å²) < 4.78 is 4.83. The Hall–Kier alpha value is -2.31. The standard InChI is InChI=1S/C9H12N6O/c1-5-13-8(15-16-5)4-12-7-3-2-6(10)9(11)14-7/h2-3H,4,10H2,1H3,(H3,11,12,14). The summed E-state index contributed by atoms with van der Waals surface area (Å²) in [4.78, 5) is 8.09. The summed E-state index contributed by atoms with van der Waals surface area (Å²) in [6.45, 7) is 2.16. The number of rotatable bonds is 3. The second-order valence-corrected chi connectivity index (χ2v) is 3.25. The molecule has 0 unspecified atom stereocenters. The van der Waals surface area contributed by atoms with Gasteiger partial charge in [0.1, 0.15) is 11.6 Å². The van der Waals surface area contributed by atoms with E-state index in [1.165, 1.54) is 0 Å². The Bertz CT molecular complexity index is 494. The van der Waals surface area contributed by atoms with E-state index in [1.54, 1.807) is 19.1 Å². The Morgan fingerprint density at radius 3 is 2.75 bits per heavy atom. The van der Waals surface area contributed by atoms with Crippen molar-refractivity contribution < 1.29 is 4.52 Å². The Morgan fingerprint density at radius 2 is 2.12 bits per heavy atom. The van der Waals surface area contributed by atoms with Gasteiger partial charge >= 0.3 is 0 Å². The van der Waals surface area contributed by atoms with Crippen molar-refractivity contribution in [2.45, 2.75) is 13.5 Å². The second kappa shape index (κ2) is 4.05. The van der Waals surface area contributed by atoms with Crippen LogP contribution in [0.1, 0.15) is 11.7 Å². The number of nitrogen functional groups attached to an aromatic ring is 2. The SMILES string of the molecule is Cc1nc(CNc2ccc(N)c(N)n2)no1. The number of hydrogen-bond donors (Lipinski definition) is 3. The molecule has 0 spiro atoms. The number of anilines is 3. The van der Waals surface area contributed by atoms with Crippen molar-refractivity contribution in [1.29, 1.82) is 0 Å². The molecule has 2 aromatic rings. The molecule has 0 aliphatic heterocycles. The van der Waals surface area contributed by atoms with Crippen molar-refractivity contribution in [3.8, 4) is 0 Å². The molecule has 0 atom stereocenters. The normalized spacial score (nSPS) is 10.3. The van der Waals surface area contributed by atoms with Crippen molar-refractivity contribution in [3.63, 3.8) is 0 Å². The highest BCUT2D eigenvalue weighted by molar-refractivity contribution is 5.61. The first-order valence-corrected chi connectivity index (χ1v) is 4.70. The maximum absolute atomic E-state index is 5.57. The lowest BCUT2D eigenvalue weighted by atomic mass is 10.4. The third kappa shape index (κ3) is 2.19. The van der Waals surface area contributed by atoms with Crippen molar-refractivity contribution >= 4 is 17.3 Å². The predicted molar refractivity (Wildman–Crippen MR) is 59.4 cm³/mol. The molecule has 0 amide bonds. The molecule has 16 heavy (non-hydrogen) atoms. The summed E-state index contributed by atoms with van der Waals surface area (Å²) in [6.07, 6.45) is 0. The molecule has 7 heteroatoms. The minimum absolute atomic E-state index is 0.300. The lowest BCUT2D eigenvalue weighted by molar-refractivity contribution is 0.388. The van der Waals surface area contributed by atoms with Gasteiger partial charge < -0.3 is 21.3 Å². The first kappa shape index (κ1) is 10.2. The van der Waals surface area contributed by atoms with E-state index in [1.807, 2.05) is 0 Å². The number of nitrogens with zero attached hydrogens (tertiary/aromatic N) is 3. The van der Waals surface area contributed by atoms with Gasteiger partial charge in [0.15, 0.2) is 5.82 Å². The summed E-state index contributed by atoms with van der Waals surface area (Å²) in [5.41, 5.74) is 11.6. The van der Waals surface area contributed by atoms with Gasteiger partial charge in [-0.25, -0.2) is 4.98 Å². The van der Waals surface area contributed by atoms with E-state index in [0.29, 0.717) is 35.6 Å². The maximum Gasteiger partial charge on any atom is 0.223 e. The molecule has 0 radical (unpaired) electrons. The van der Waals surface area contributed by atoms with Crippen molar-refractivity contribution in [2.75, 3.05) is 16.8 Å². The Kier molecular flexibility index (Phi) is 2.59. The zero-order chi connectivity index (χ0) is 11.5. The number of hydrogen-bond acceptors (Lipinski definition) is 7. The molecule has 2 aromatic heterocycles. The number of nitrogens with one attached hydrogen (secondary N) is 1. The van der Waals surface area contributed by atoms with E-state index < -0.39 is 0 Å². The first-order valence-electron chi connectivity index (χ1n) is 4.70. The lowest BCUT2D eigenvalue weighted by Gasteiger charge is -2.04. The summed E-state index contributed by atoms with van der Waals surface area (Å²) in [5, 5.41) is 6.75. The van der Waals surface area contributed by atoms with Gasteiger partial charge in [-0.1, -0.05) is 5.16 Å². The number of nitrogens with two attached hydrogens (primary N) is 2. The van der Waals surface area contributed by atoms with Gasteiger partial charge in [-0.2, -0.15) is 4.98 Å². The molecule has 2 rings (SSSR count). The molecular formula is C9H12N6O. The van der Waals surface area contributed by atoms with Crippen LogP contribution in [0.5, 0.6) is 0 Å². The van der Waals surface area contributed by atoms with Crippen LogP contribution in [0.2, 0.25) is 0 Å². The van der Waals surface area contributed by atoms with E-state index in [-0.39, 0.29) is 0 Å². The van der Waals surface area contributed by atoms with Crippen LogP contribution in [0.15, 0.2) is 16.7 Å². The van der Waals surface area contributed by atoms with Crippen LogP contribution in [0, 0.1) is 6.92 Å². The largest absolute Gasteiger partial charge is 0.396 e. The van der Waals surface area contributed by atoms with Gasteiger partial charge in [0, 0.05) is 6.92 Å². The second-order valence-electron chi connectivity index (χ2n) is 3.25. The molecule has 0 bridgehead atoms. The van der Waals surface area contributed by atoms with Gasteiger partial charge in [0.2, 0.25) is 5.89 Å². The molecule has 7 nitrogen and oxygen atoms in total. The highest BCUT2D eigenvalue weighted by Gasteiger charge is 2.03. The van der Waals surface area contributed by atoms with Crippen LogP contribution in [0.25, 0.3) is 0 Å². The molecule has 2 heterocycles. The average Bonchev–Trinajstić information content (AvgIpc) is 2.66. The van der Waals surface area contributed by atoms with E-state index >= 15 is 0 Å². The molecule has 0 fully saturated rings. The van der Waals surface area contributed by atoms with Crippen LogP contribution in [-0.4, -0.2) is 15.1 Å². The van der Waals surface area contributed by atoms with E-state index in [4.69, 9.17) is 16.0 Å². The van der Waals surface area contributed by atoms with Gasteiger partial charge in [-0.05, 0) is 12.1 Å². The predicted octanol–water partition coefficient (Wildman–Crippen LogP) is 0.550. The lowest BCUT2D eigenvalue weighted by Crippen LogP contribution is -2.05. The van der Waals surface area contributed by atoms with Crippen LogP contribution >= 0.6 is 0 Å². The van der Waals surface area contributed by atoms with Crippen LogP contribution < -0.4 is 16.8 Å². The first-order chi connectivity index (χ1) is 7.65. The number of pyridine rings is 1. The number of aryl methyl sites for hydroxylation is 1. The highest BCUT2D eigenvalue weighted by Crippen LogP contribution is 2.14. The maximum atomic E-state index is 5.57. The van der Waals surface area contributed by atoms with Crippen LogP contribution in [0.3, 0.4) is 0 Å². The Balaban J connectivity index is 2.02. The molecule has 0 saturated heterocycles. The zero-order valence-corrected chi connectivity index (χ0v) is 8.77. The monoisotopic (exact) mass is 220 g/mol. The molecule has 5 N–H and O–H groups in total. The molecule has 0 saturated carbocycles. The van der Waals surface area contributed by atoms with Gasteiger partial charge in [0.25, 0.3) is 0 Å². The fourth-order valence-corrected chi connectivity index (χ4v) is 1.17. The molecule has 0 aromatic carbocycles. The smallest absolute Gasteiger partial charge is 0.223 e.